The Morgan fingerprint density at radius 2 is 2.05 bits per heavy atom. The standard InChI is InChI=1S/C16H22BrN3O2/c1-11-2-3-13(17)10-14(11)20-15(21)6-9-19-16(22)12-4-7-18-8-5-12/h2-3,10,12,18H,4-9H2,1H3,(H,19,22)(H,20,21). The van der Waals surface area contributed by atoms with Crippen LogP contribution in [0, 0.1) is 12.8 Å². The fourth-order valence-electron chi connectivity index (χ4n) is 2.47. The summed E-state index contributed by atoms with van der Waals surface area (Å²) < 4.78 is 0.924. The minimum absolute atomic E-state index is 0.0629. The molecular weight excluding hydrogens is 346 g/mol. The number of amides is 2. The van der Waals surface area contributed by atoms with Crippen molar-refractivity contribution in [2.75, 3.05) is 25.0 Å². The smallest absolute Gasteiger partial charge is 0.226 e. The van der Waals surface area contributed by atoms with Gasteiger partial charge in [-0.25, -0.2) is 0 Å². The van der Waals surface area contributed by atoms with E-state index >= 15 is 0 Å². The molecule has 1 fully saturated rings. The number of carbonyl (C=O) groups excluding carboxylic acids is 2. The molecule has 0 aromatic heterocycles. The summed E-state index contributed by atoms with van der Waals surface area (Å²) in [5, 5.41) is 8.97. The van der Waals surface area contributed by atoms with Gasteiger partial charge in [0, 0.05) is 29.0 Å². The summed E-state index contributed by atoms with van der Waals surface area (Å²) in [7, 11) is 0. The summed E-state index contributed by atoms with van der Waals surface area (Å²) in [4.78, 5) is 23.9. The third kappa shape index (κ3) is 5.10. The zero-order valence-corrected chi connectivity index (χ0v) is 14.3. The third-order valence-electron chi connectivity index (χ3n) is 3.83. The zero-order chi connectivity index (χ0) is 15.9. The molecule has 1 aromatic rings. The number of nitrogens with one attached hydrogen (secondary N) is 3. The zero-order valence-electron chi connectivity index (χ0n) is 12.7. The van der Waals surface area contributed by atoms with Crippen molar-refractivity contribution in [3.63, 3.8) is 0 Å². The highest BCUT2D eigenvalue weighted by atomic mass is 79.9. The van der Waals surface area contributed by atoms with Crippen LogP contribution in [0.5, 0.6) is 0 Å². The van der Waals surface area contributed by atoms with Gasteiger partial charge in [-0.2, -0.15) is 0 Å². The lowest BCUT2D eigenvalue weighted by Gasteiger charge is -2.21. The number of rotatable bonds is 5. The van der Waals surface area contributed by atoms with Gasteiger partial charge in [-0.15, -0.1) is 0 Å². The molecule has 22 heavy (non-hydrogen) atoms. The third-order valence-corrected chi connectivity index (χ3v) is 4.33. The van der Waals surface area contributed by atoms with Gasteiger partial charge in [0.15, 0.2) is 0 Å². The highest BCUT2D eigenvalue weighted by Gasteiger charge is 2.20. The molecular formula is C16H22BrN3O2. The van der Waals surface area contributed by atoms with Crippen LogP contribution in [0.1, 0.15) is 24.8 Å². The van der Waals surface area contributed by atoms with Gasteiger partial charge in [0.2, 0.25) is 11.8 Å². The van der Waals surface area contributed by atoms with Crippen LogP contribution in [0.2, 0.25) is 0 Å². The molecule has 1 aliphatic rings. The van der Waals surface area contributed by atoms with Crippen molar-refractivity contribution < 1.29 is 9.59 Å². The number of carbonyl (C=O) groups is 2. The molecule has 2 rings (SSSR count). The second kappa shape index (κ2) is 8.29. The summed E-state index contributed by atoms with van der Waals surface area (Å²) in [6.07, 6.45) is 2.02. The fourth-order valence-corrected chi connectivity index (χ4v) is 2.83. The molecule has 0 atom stereocenters. The molecule has 0 aliphatic carbocycles. The van der Waals surface area contributed by atoms with Crippen LogP contribution in [0.15, 0.2) is 22.7 Å². The summed E-state index contributed by atoms with van der Waals surface area (Å²) in [6.45, 7) is 4.10. The average molecular weight is 368 g/mol. The fraction of sp³-hybridized carbons (Fsp3) is 0.500. The van der Waals surface area contributed by atoms with Gasteiger partial charge in [0.25, 0.3) is 0 Å². The second-order valence-electron chi connectivity index (χ2n) is 5.57. The molecule has 1 saturated heterocycles. The number of benzene rings is 1. The average Bonchev–Trinajstić information content (AvgIpc) is 2.51. The SMILES string of the molecule is Cc1ccc(Br)cc1NC(=O)CCNC(=O)C1CCNCC1. The Kier molecular flexibility index (Phi) is 6.39. The van der Waals surface area contributed by atoms with Gasteiger partial charge in [0.05, 0.1) is 0 Å². The Balaban J connectivity index is 1.73. The Bertz CT molecular complexity index is 542. The van der Waals surface area contributed by atoms with Crippen LogP contribution in [0.4, 0.5) is 5.69 Å². The summed E-state index contributed by atoms with van der Waals surface area (Å²) >= 11 is 3.39. The number of aryl methyl sites for hydroxylation is 1. The highest BCUT2D eigenvalue weighted by molar-refractivity contribution is 9.10. The van der Waals surface area contributed by atoms with Gasteiger partial charge < -0.3 is 16.0 Å². The first-order chi connectivity index (χ1) is 10.6. The predicted molar refractivity (Wildman–Crippen MR) is 90.7 cm³/mol. The lowest BCUT2D eigenvalue weighted by atomic mass is 9.97. The van der Waals surface area contributed by atoms with Gasteiger partial charge >= 0.3 is 0 Å². The van der Waals surface area contributed by atoms with Crippen LogP contribution < -0.4 is 16.0 Å². The van der Waals surface area contributed by atoms with Gasteiger partial charge in [0.1, 0.15) is 0 Å². The van der Waals surface area contributed by atoms with Crippen LogP contribution in [0.25, 0.3) is 0 Å². The minimum atomic E-state index is -0.0909. The molecule has 1 heterocycles. The summed E-state index contributed by atoms with van der Waals surface area (Å²) in [5.41, 5.74) is 1.80. The van der Waals surface area contributed by atoms with E-state index in [2.05, 4.69) is 31.9 Å². The number of hydrogen-bond acceptors (Lipinski definition) is 3. The summed E-state index contributed by atoms with van der Waals surface area (Å²) in [5.74, 6) is 0.0522. The molecule has 0 unspecified atom stereocenters. The first-order valence-corrected chi connectivity index (χ1v) is 8.40. The van der Waals surface area contributed by atoms with E-state index in [-0.39, 0.29) is 24.2 Å². The highest BCUT2D eigenvalue weighted by Crippen LogP contribution is 2.20. The maximum atomic E-state index is 12.0. The quantitative estimate of drug-likeness (QED) is 0.746. The number of piperidine rings is 1. The van der Waals surface area contributed by atoms with Gasteiger partial charge in [-0.3, -0.25) is 9.59 Å². The van der Waals surface area contributed by atoms with Crippen molar-refractivity contribution in [3.8, 4) is 0 Å². The molecule has 0 radical (unpaired) electrons. The number of hydrogen-bond donors (Lipinski definition) is 3. The summed E-state index contributed by atoms with van der Waals surface area (Å²) in [6, 6.07) is 5.75. The predicted octanol–water partition coefficient (Wildman–Crippen LogP) is 2.20. The largest absolute Gasteiger partial charge is 0.355 e. The van der Waals surface area contributed by atoms with Crippen LogP contribution in [-0.4, -0.2) is 31.4 Å². The molecule has 3 N–H and O–H groups in total. The number of halogens is 1. The van der Waals surface area contributed by atoms with Crippen LogP contribution >= 0.6 is 15.9 Å². The van der Waals surface area contributed by atoms with E-state index in [1.807, 2.05) is 25.1 Å². The molecule has 6 heteroatoms. The Morgan fingerprint density at radius 1 is 1.32 bits per heavy atom. The van der Waals surface area contributed by atoms with Gasteiger partial charge in [-0.1, -0.05) is 22.0 Å². The first-order valence-electron chi connectivity index (χ1n) is 7.60. The molecule has 5 nitrogen and oxygen atoms in total. The Morgan fingerprint density at radius 3 is 2.77 bits per heavy atom. The maximum Gasteiger partial charge on any atom is 0.226 e. The van der Waals surface area contributed by atoms with E-state index < -0.39 is 0 Å². The topological polar surface area (TPSA) is 70.2 Å². The first kappa shape index (κ1) is 17.0. The van der Waals surface area contributed by atoms with Gasteiger partial charge in [-0.05, 0) is 50.6 Å². The van der Waals surface area contributed by atoms with E-state index in [9.17, 15) is 9.59 Å². The molecule has 1 aliphatic heterocycles. The van der Waals surface area contributed by atoms with E-state index in [4.69, 9.17) is 0 Å². The van der Waals surface area contributed by atoms with Crippen LogP contribution in [-0.2, 0) is 9.59 Å². The maximum absolute atomic E-state index is 12.0. The van der Waals surface area contributed by atoms with E-state index in [0.29, 0.717) is 6.54 Å². The monoisotopic (exact) mass is 367 g/mol. The molecule has 120 valence electrons. The van der Waals surface area contributed by atoms with Crippen molar-refractivity contribution in [2.45, 2.75) is 26.2 Å². The van der Waals surface area contributed by atoms with Crippen molar-refractivity contribution >= 4 is 33.4 Å². The molecule has 0 saturated carbocycles. The lowest BCUT2D eigenvalue weighted by molar-refractivity contribution is -0.125. The van der Waals surface area contributed by atoms with Crippen molar-refractivity contribution in [3.05, 3.63) is 28.2 Å². The molecule has 2 amide bonds. The Hall–Kier alpha value is -1.40. The lowest BCUT2D eigenvalue weighted by Crippen LogP contribution is -2.39. The normalized spacial score (nSPS) is 15.4. The molecule has 0 spiro atoms. The second-order valence-corrected chi connectivity index (χ2v) is 6.49. The minimum Gasteiger partial charge on any atom is -0.355 e. The van der Waals surface area contributed by atoms with Crippen LogP contribution in [0.3, 0.4) is 0 Å². The number of anilines is 1. The van der Waals surface area contributed by atoms with E-state index in [0.717, 1.165) is 41.7 Å². The molecule has 1 aromatic carbocycles. The van der Waals surface area contributed by atoms with Crippen molar-refractivity contribution in [1.29, 1.82) is 0 Å². The molecule has 0 bridgehead atoms. The van der Waals surface area contributed by atoms with Crippen molar-refractivity contribution in [1.82, 2.24) is 10.6 Å². The van der Waals surface area contributed by atoms with Crippen molar-refractivity contribution in [2.24, 2.45) is 5.92 Å². The Labute approximate surface area is 139 Å². The van der Waals surface area contributed by atoms with E-state index in [1.165, 1.54) is 0 Å². The van der Waals surface area contributed by atoms with E-state index in [1.54, 1.807) is 0 Å².